The van der Waals surface area contributed by atoms with E-state index in [4.69, 9.17) is 5.73 Å². The number of aryl methyl sites for hydroxylation is 1. The molecule has 0 saturated heterocycles. The molecule has 84 valence electrons. The molecule has 0 aromatic carbocycles. The average Bonchev–Trinajstić information content (AvgIpc) is 2.58. The maximum atomic E-state index is 11.4. The minimum Gasteiger partial charge on any atom is -0.381 e. The molecule has 0 radical (unpaired) electrons. The Morgan fingerprint density at radius 1 is 1.62 bits per heavy atom. The van der Waals surface area contributed by atoms with E-state index in [0.717, 1.165) is 0 Å². The van der Waals surface area contributed by atoms with Crippen molar-refractivity contribution in [2.45, 2.75) is 13.3 Å². The first-order chi connectivity index (χ1) is 7.60. The van der Waals surface area contributed by atoms with E-state index in [1.54, 1.807) is 6.20 Å². The van der Waals surface area contributed by atoms with Gasteiger partial charge in [-0.2, -0.15) is 0 Å². The second-order valence-electron chi connectivity index (χ2n) is 3.21. The van der Waals surface area contributed by atoms with Gasteiger partial charge in [-0.15, -0.1) is 5.10 Å². The number of hydrogen-bond donors (Lipinski definition) is 2. The predicted molar refractivity (Wildman–Crippen MR) is 63.5 cm³/mol. The minimum atomic E-state index is -0.202. The Hall–Kier alpha value is -1.63. The third-order valence-corrected chi connectivity index (χ3v) is 2.65. The van der Waals surface area contributed by atoms with Crippen LogP contribution in [0.25, 0.3) is 5.82 Å². The Morgan fingerprint density at radius 2 is 2.38 bits per heavy atom. The highest BCUT2D eigenvalue weighted by atomic mass is 79.9. The summed E-state index contributed by atoms with van der Waals surface area (Å²) in [6.45, 7) is 1.91. The van der Waals surface area contributed by atoms with Crippen molar-refractivity contribution < 1.29 is 0 Å². The first-order valence-electron chi connectivity index (χ1n) is 4.71. The standard InChI is InChI=1S/C9H10BrN5O/c1-2-6-12-7(3-8(16)13-6)15-4-5(10)9(11)14-15/h3-4H,2H2,1H3,(H2,11,14)(H,12,13,16). The number of halogens is 1. The van der Waals surface area contributed by atoms with Crippen molar-refractivity contribution in [1.29, 1.82) is 0 Å². The molecule has 0 fully saturated rings. The van der Waals surface area contributed by atoms with Crippen LogP contribution in [0.15, 0.2) is 21.5 Å². The van der Waals surface area contributed by atoms with Crippen LogP contribution in [-0.2, 0) is 6.42 Å². The molecule has 6 nitrogen and oxygen atoms in total. The monoisotopic (exact) mass is 283 g/mol. The lowest BCUT2D eigenvalue weighted by Gasteiger charge is -2.01. The summed E-state index contributed by atoms with van der Waals surface area (Å²) in [5.74, 6) is 1.44. The maximum Gasteiger partial charge on any atom is 0.253 e. The van der Waals surface area contributed by atoms with Gasteiger partial charge in [-0.1, -0.05) is 6.92 Å². The summed E-state index contributed by atoms with van der Waals surface area (Å²) < 4.78 is 2.14. The molecule has 0 atom stereocenters. The number of nitrogens with zero attached hydrogens (tertiary/aromatic N) is 3. The fraction of sp³-hybridized carbons (Fsp3) is 0.222. The Morgan fingerprint density at radius 3 is 2.94 bits per heavy atom. The number of rotatable bonds is 2. The molecule has 0 bridgehead atoms. The Bertz CT molecular complexity index is 554. The summed E-state index contributed by atoms with van der Waals surface area (Å²) in [6.07, 6.45) is 2.32. The molecule has 2 heterocycles. The minimum absolute atomic E-state index is 0.202. The van der Waals surface area contributed by atoms with E-state index < -0.39 is 0 Å². The quantitative estimate of drug-likeness (QED) is 0.856. The lowest BCUT2D eigenvalue weighted by atomic mass is 10.4. The first kappa shape index (κ1) is 10.9. The maximum absolute atomic E-state index is 11.4. The third-order valence-electron chi connectivity index (χ3n) is 2.04. The van der Waals surface area contributed by atoms with Crippen LogP contribution >= 0.6 is 15.9 Å². The van der Waals surface area contributed by atoms with Crippen LogP contribution in [0.1, 0.15) is 12.7 Å². The topological polar surface area (TPSA) is 89.6 Å². The van der Waals surface area contributed by atoms with Gasteiger partial charge in [0.25, 0.3) is 5.56 Å². The third kappa shape index (κ3) is 1.99. The SMILES string of the molecule is CCc1nc(-n2cc(Br)c(N)n2)cc(=O)[nH]1. The highest BCUT2D eigenvalue weighted by molar-refractivity contribution is 9.10. The molecule has 16 heavy (non-hydrogen) atoms. The number of aromatic amines is 1. The summed E-state index contributed by atoms with van der Waals surface area (Å²) in [7, 11) is 0. The highest BCUT2D eigenvalue weighted by Crippen LogP contribution is 2.17. The van der Waals surface area contributed by atoms with Crippen molar-refractivity contribution in [1.82, 2.24) is 19.7 Å². The van der Waals surface area contributed by atoms with Gasteiger partial charge in [0.15, 0.2) is 11.6 Å². The molecule has 0 aliphatic heterocycles. The fourth-order valence-electron chi connectivity index (χ4n) is 1.26. The van der Waals surface area contributed by atoms with E-state index in [9.17, 15) is 4.79 Å². The van der Waals surface area contributed by atoms with Gasteiger partial charge in [-0.05, 0) is 15.9 Å². The number of aromatic nitrogens is 4. The second-order valence-corrected chi connectivity index (χ2v) is 4.07. The molecule has 0 unspecified atom stereocenters. The molecule has 7 heteroatoms. The van der Waals surface area contributed by atoms with Crippen molar-refractivity contribution in [3.8, 4) is 5.82 Å². The summed E-state index contributed by atoms with van der Waals surface area (Å²) >= 11 is 3.25. The van der Waals surface area contributed by atoms with Crippen LogP contribution in [0.4, 0.5) is 5.82 Å². The molecule has 2 rings (SSSR count). The van der Waals surface area contributed by atoms with Crippen LogP contribution in [0.2, 0.25) is 0 Å². The number of nitrogens with two attached hydrogens (primary N) is 1. The van der Waals surface area contributed by atoms with Crippen LogP contribution < -0.4 is 11.3 Å². The van der Waals surface area contributed by atoms with Crippen LogP contribution in [0, 0.1) is 0 Å². The summed E-state index contributed by atoms with van der Waals surface area (Å²) in [6, 6.07) is 1.37. The number of hydrogen-bond acceptors (Lipinski definition) is 4. The Balaban J connectivity index is 2.55. The predicted octanol–water partition coefficient (Wildman–Crippen LogP) is 0.863. The van der Waals surface area contributed by atoms with Gasteiger partial charge < -0.3 is 10.7 Å². The summed E-state index contributed by atoms with van der Waals surface area (Å²) in [4.78, 5) is 18.2. The number of nitrogen functional groups attached to an aromatic ring is 1. The molecule has 0 spiro atoms. The molecule has 3 N–H and O–H groups in total. The fourth-order valence-corrected chi connectivity index (χ4v) is 1.54. The van der Waals surface area contributed by atoms with E-state index in [1.807, 2.05) is 6.92 Å². The highest BCUT2D eigenvalue weighted by Gasteiger charge is 2.07. The zero-order valence-electron chi connectivity index (χ0n) is 8.57. The zero-order valence-corrected chi connectivity index (χ0v) is 10.2. The number of anilines is 1. The van der Waals surface area contributed by atoms with Gasteiger partial charge in [-0.3, -0.25) is 4.79 Å². The largest absolute Gasteiger partial charge is 0.381 e. The normalized spacial score (nSPS) is 10.6. The lowest BCUT2D eigenvalue weighted by Crippen LogP contribution is -2.13. The van der Waals surface area contributed by atoms with Crippen molar-refractivity contribution in [3.05, 3.63) is 32.9 Å². The van der Waals surface area contributed by atoms with Gasteiger partial charge in [0.2, 0.25) is 0 Å². The van der Waals surface area contributed by atoms with E-state index in [-0.39, 0.29) is 5.56 Å². The number of H-pyrrole nitrogens is 1. The summed E-state index contributed by atoms with van der Waals surface area (Å²) in [5.41, 5.74) is 5.39. The molecule has 0 aliphatic carbocycles. The molecule has 0 amide bonds. The van der Waals surface area contributed by atoms with Gasteiger partial charge in [0.05, 0.1) is 4.47 Å². The van der Waals surface area contributed by atoms with Gasteiger partial charge in [0.1, 0.15) is 5.82 Å². The van der Waals surface area contributed by atoms with Gasteiger partial charge in [-0.25, -0.2) is 9.67 Å². The van der Waals surface area contributed by atoms with E-state index >= 15 is 0 Å². The van der Waals surface area contributed by atoms with Crippen molar-refractivity contribution in [2.24, 2.45) is 0 Å². The van der Waals surface area contributed by atoms with Gasteiger partial charge in [0, 0.05) is 18.7 Å². The second kappa shape index (κ2) is 4.09. The smallest absolute Gasteiger partial charge is 0.253 e. The van der Waals surface area contributed by atoms with E-state index in [2.05, 4.69) is 31.0 Å². The van der Waals surface area contributed by atoms with Crippen molar-refractivity contribution in [2.75, 3.05) is 5.73 Å². The van der Waals surface area contributed by atoms with Crippen LogP contribution in [0.3, 0.4) is 0 Å². The zero-order chi connectivity index (χ0) is 11.7. The van der Waals surface area contributed by atoms with Crippen LogP contribution in [0.5, 0.6) is 0 Å². The van der Waals surface area contributed by atoms with E-state index in [1.165, 1.54) is 10.7 Å². The number of nitrogens with one attached hydrogen (secondary N) is 1. The lowest BCUT2D eigenvalue weighted by molar-refractivity contribution is 0.808. The molecule has 0 saturated carbocycles. The van der Waals surface area contributed by atoms with Gasteiger partial charge >= 0.3 is 0 Å². The molecule has 2 aromatic heterocycles. The Labute approximate surface area is 99.6 Å². The van der Waals surface area contributed by atoms with Crippen molar-refractivity contribution in [3.63, 3.8) is 0 Å². The first-order valence-corrected chi connectivity index (χ1v) is 5.50. The molecular weight excluding hydrogens is 274 g/mol. The van der Waals surface area contributed by atoms with Crippen molar-refractivity contribution >= 4 is 21.7 Å². The average molecular weight is 284 g/mol. The molecular formula is C9H10BrN5O. The van der Waals surface area contributed by atoms with E-state index in [0.29, 0.717) is 28.4 Å². The van der Waals surface area contributed by atoms with Crippen LogP contribution in [-0.4, -0.2) is 19.7 Å². The Kier molecular flexibility index (Phi) is 2.78. The molecule has 2 aromatic rings. The summed E-state index contributed by atoms with van der Waals surface area (Å²) in [5, 5.41) is 4.03. The molecule has 0 aliphatic rings.